The first-order valence-electron chi connectivity index (χ1n) is 15.5. The summed E-state index contributed by atoms with van der Waals surface area (Å²) in [5.74, 6) is 3.61. The summed E-state index contributed by atoms with van der Waals surface area (Å²) in [6, 6.07) is 45.0. The summed E-state index contributed by atoms with van der Waals surface area (Å²) in [5, 5.41) is 4.00. The Bertz CT molecular complexity index is 1840. The highest BCUT2D eigenvalue weighted by Gasteiger charge is 2.84. The zero-order chi connectivity index (χ0) is 26.8. The maximum absolute atomic E-state index is 4.00. The third-order valence-corrected chi connectivity index (χ3v) is 12.1. The van der Waals surface area contributed by atoms with Crippen LogP contribution in [0, 0.1) is 29.1 Å². The molecule has 1 N–H and O–H groups in total. The van der Waals surface area contributed by atoms with Gasteiger partial charge in [0.2, 0.25) is 0 Å². The van der Waals surface area contributed by atoms with Crippen molar-refractivity contribution >= 4 is 11.4 Å². The Hall–Kier alpha value is -4.10. The minimum Gasteiger partial charge on any atom is -0.355 e. The molecule has 1 nitrogen and oxygen atoms in total. The summed E-state index contributed by atoms with van der Waals surface area (Å²) in [5.41, 5.74) is 14.5. The van der Waals surface area contributed by atoms with Crippen molar-refractivity contribution in [1.82, 2.24) is 0 Å². The van der Waals surface area contributed by atoms with Crippen molar-refractivity contribution in [3.63, 3.8) is 0 Å². The molecule has 5 aromatic carbocycles. The van der Waals surface area contributed by atoms with E-state index in [-0.39, 0.29) is 5.41 Å². The number of benzene rings is 5. The van der Waals surface area contributed by atoms with Crippen LogP contribution in [0.5, 0.6) is 0 Å². The van der Waals surface area contributed by atoms with Gasteiger partial charge in [-0.15, -0.1) is 0 Å². The lowest BCUT2D eigenvalue weighted by Gasteiger charge is -2.76. The van der Waals surface area contributed by atoms with E-state index >= 15 is 0 Å². The van der Waals surface area contributed by atoms with E-state index in [9.17, 15) is 0 Å². The molecule has 6 unspecified atom stereocenters. The molecule has 0 heterocycles. The largest absolute Gasteiger partial charge is 0.355 e. The Balaban J connectivity index is 1.16. The molecule has 0 aromatic heterocycles. The number of fused-ring (bicyclic) bond motifs is 8. The van der Waals surface area contributed by atoms with Gasteiger partial charge < -0.3 is 5.32 Å². The van der Waals surface area contributed by atoms with Crippen molar-refractivity contribution in [2.45, 2.75) is 31.1 Å². The fraction of sp³-hybridized carbons (Fsp3) is 0.250. The molecule has 5 aliphatic carbocycles. The van der Waals surface area contributed by atoms with Crippen molar-refractivity contribution < 1.29 is 0 Å². The van der Waals surface area contributed by atoms with Gasteiger partial charge in [0.25, 0.3) is 0 Å². The second-order valence-corrected chi connectivity index (χ2v) is 13.5. The molecule has 198 valence electrons. The van der Waals surface area contributed by atoms with Gasteiger partial charge in [-0.05, 0) is 100 Å². The van der Waals surface area contributed by atoms with Crippen LogP contribution in [0.15, 0.2) is 121 Å². The van der Waals surface area contributed by atoms with E-state index in [0.29, 0.717) is 5.41 Å². The molecule has 2 bridgehead atoms. The second kappa shape index (κ2) is 7.79. The van der Waals surface area contributed by atoms with Gasteiger partial charge in [-0.25, -0.2) is 0 Å². The lowest BCUT2D eigenvalue weighted by Crippen LogP contribution is -2.73. The van der Waals surface area contributed by atoms with E-state index in [4.69, 9.17) is 0 Å². The quantitative estimate of drug-likeness (QED) is 0.245. The van der Waals surface area contributed by atoms with Crippen LogP contribution in [0.2, 0.25) is 0 Å². The van der Waals surface area contributed by atoms with Crippen LogP contribution >= 0.6 is 0 Å². The van der Waals surface area contributed by atoms with Gasteiger partial charge >= 0.3 is 0 Å². The standard InChI is InChI=1S/C40H33N/c1-3-9-26(10-4-1)27-15-17-30(18-16-27)41-38-31(28-11-5-2-6-12-28)19-20-34-37(38)32-13-7-8-14-33(32)40(34)35-22-25-21-29-23-36(40)39(29,35)24-25/h1-20,25,29,35-36,41H,21-24H2. The Morgan fingerprint density at radius 1 is 0.537 bits per heavy atom. The fourth-order valence-electron chi connectivity index (χ4n) is 10.9. The Morgan fingerprint density at radius 2 is 1.22 bits per heavy atom. The second-order valence-electron chi connectivity index (χ2n) is 13.5. The maximum atomic E-state index is 4.00. The van der Waals surface area contributed by atoms with Crippen LogP contribution < -0.4 is 5.32 Å². The van der Waals surface area contributed by atoms with Crippen LogP contribution in [0.1, 0.15) is 36.8 Å². The number of hydrogen-bond donors (Lipinski definition) is 1. The molecule has 6 atom stereocenters. The molecule has 2 spiro atoms. The molecule has 5 aromatic rings. The third kappa shape index (κ3) is 2.64. The zero-order valence-corrected chi connectivity index (χ0v) is 23.2. The molecule has 0 saturated heterocycles. The highest BCUT2D eigenvalue weighted by molar-refractivity contribution is 5.99. The molecular formula is C40H33N. The van der Waals surface area contributed by atoms with E-state index in [1.54, 1.807) is 11.1 Å². The molecule has 1 heteroatoms. The van der Waals surface area contributed by atoms with Crippen molar-refractivity contribution in [2.75, 3.05) is 5.32 Å². The predicted octanol–water partition coefficient (Wildman–Crippen LogP) is 10.1. The Labute approximate surface area is 242 Å². The highest BCUT2D eigenvalue weighted by atomic mass is 14.9. The summed E-state index contributed by atoms with van der Waals surface area (Å²) in [6.07, 6.45) is 5.89. The first-order valence-corrected chi connectivity index (χ1v) is 15.5. The van der Waals surface area contributed by atoms with Crippen LogP contribution in [0.25, 0.3) is 33.4 Å². The molecule has 5 aliphatic rings. The van der Waals surface area contributed by atoms with E-state index in [1.165, 1.54) is 64.8 Å². The fourth-order valence-corrected chi connectivity index (χ4v) is 10.9. The van der Waals surface area contributed by atoms with Crippen molar-refractivity contribution in [2.24, 2.45) is 29.1 Å². The minimum atomic E-state index is 0.209. The van der Waals surface area contributed by atoms with E-state index in [0.717, 1.165) is 29.4 Å². The van der Waals surface area contributed by atoms with Crippen LogP contribution in [-0.4, -0.2) is 0 Å². The van der Waals surface area contributed by atoms with Gasteiger partial charge in [0.15, 0.2) is 0 Å². The summed E-state index contributed by atoms with van der Waals surface area (Å²) in [7, 11) is 0. The van der Waals surface area contributed by atoms with Gasteiger partial charge in [-0.3, -0.25) is 0 Å². The normalized spacial score (nSPS) is 30.7. The van der Waals surface area contributed by atoms with E-state index < -0.39 is 0 Å². The summed E-state index contributed by atoms with van der Waals surface area (Å²) in [6.45, 7) is 0. The Morgan fingerprint density at radius 3 is 2.00 bits per heavy atom. The van der Waals surface area contributed by atoms with Gasteiger partial charge in [0.05, 0.1) is 5.69 Å². The highest BCUT2D eigenvalue weighted by Crippen LogP contribution is 2.89. The van der Waals surface area contributed by atoms with Gasteiger partial charge in [-0.1, -0.05) is 109 Å². The lowest BCUT2D eigenvalue weighted by molar-refractivity contribution is -0.231. The van der Waals surface area contributed by atoms with Gasteiger partial charge in [0.1, 0.15) is 0 Å². The summed E-state index contributed by atoms with van der Waals surface area (Å²) in [4.78, 5) is 0. The van der Waals surface area contributed by atoms with Gasteiger partial charge in [-0.2, -0.15) is 0 Å². The molecule has 41 heavy (non-hydrogen) atoms. The average molecular weight is 528 g/mol. The van der Waals surface area contributed by atoms with E-state index in [1.807, 2.05) is 0 Å². The first kappa shape index (κ1) is 22.6. The van der Waals surface area contributed by atoms with E-state index in [2.05, 4.69) is 127 Å². The summed E-state index contributed by atoms with van der Waals surface area (Å²) >= 11 is 0. The number of anilines is 2. The first-order chi connectivity index (χ1) is 20.3. The van der Waals surface area contributed by atoms with Gasteiger partial charge in [0, 0.05) is 22.2 Å². The topological polar surface area (TPSA) is 12.0 Å². The minimum absolute atomic E-state index is 0.209. The number of hydrogen-bond acceptors (Lipinski definition) is 1. The monoisotopic (exact) mass is 527 g/mol. The molecular weight excluding hydrogens is 494 g/mol. The molecule has 4 saturated carbocycles. The van der Waals surface area contributed by atoms with Crippen molar-refractivity contribution in [3.8, 4) is 33.4 Å². The molecule has 10 rings (SSSR count). The number of rotatable bonds is 4. The van der Waals surface area contributed by atoms with Crippen molar-refractivity contribution in [3.05, 3.63) is 132 Å². The molecule has 0 amide bonds. The van der Waals surface area contributed by atoms with Crippen LogP contribution in [0.3, 0.4) is 0 Å². The Kier molecular flexibility index (Phi) is 4.29. The lowest BCUT2D eigenvalue weighted by atomic mass is 9.27. The predicted molar refractivity (Wildman–Crippen MR) is 168 cm³/mol. The maximum Gasteiger partial charge on any atom is 0.0546 e. The smallest absolute Gasteiger partial charge is 0.0546 e. The average Bonchev–Trinajstić information content (AvgIpc) is 3.66. The summed E-state index contributed by atoms with van der Waals surface area (Å²) < 4.78 is 0. The number of nitrogens with one attached hydrogen (secondary N) is 1. The molecule has 0 aliphatic heterocycles. The van der Waals surface area contributed by atoms with Crippen molar-refractivity contribution in [1.29, 1.82) is 0 Å². The third-order valence-electron chi connectivity index (χ3n) is 12.1. The SMILES string of the molecule is c1ccc(-c2ccc(Nc3c(-c4ccccc4)ccc4c3-c3ccccc3C43C4CC5CC6CC3C64C5)cc2)cc1. The molecule has 4 fully saturated rings. The molecule has 0 radical (unpaired) electrons. The van der Waals surface area contributed by atoms with Crippen LogP contribution in [-0.2, 0) is 5.41 Å². The van der Waals surface area contributed by atoms with Crippen LogP contribution in [0.4, 0.5) is 11.4 Å². The zero-order valence-electron chi connectivity index (χ0n) is 23.2.